The fraction of sp³-hybridized carbons (Fsp3) is 0.364. The Morgan fingerprint density at radius 1 is 1.69 bits per heavy atom. The van der Waals surface area contributed by atoms with Gasteiger partial charge in [0.25, 0.3) is 0 Å². The van der Waals surface area contributed by atoms with E-state index in [0.29, 0.717) is 0 Å². The van der Waals surface area contributed by atoms with Crippen molar-refractivity contribution < 1.29 is 0 Å². The van der Waals surface area contributed by atoms with E-state index < -0.39 is 0 Å². The van der Waals surface area contributed by atoms with Crippen LogP contribution in [0.5, 0.6) is 0 Å². The van der Waals surface area contributed by atoms with Crippen molar-refractivity contribution in [2.24, 2.45) is 5.73 Å². The summed E-state index contributed by atoms with van der Waals surface area (Å²) in [5.74, 6) is 0. The zero-order valence-electron chi connectivity index (χ0n) is 8.03. The molecular formula is C11H16N2. The summed E-state index contributed by atoms with van der Waals surface area (Å²) in [6, 6.07) is 4.01. The second-order valence-electron chi connectivity index (χ2n) is 3.18. The Morgan fingerprint density at radius 3 is 3.08 bits per heavy atom. The van der Waals surface area contributed by atoms with E-state index in [1.54, 1.807) is 6.20 Å². The van der Waals surface area contributed by atoms with Gasteiger partial charge in [0.1, 0.15) is 0 Å². The molecule has 0 bridgehead atoms. The average Bonchev–Trinajstić information content (AvgIpc) is 2.15. The summed E-state index contributed by atoms with van der Waals surface area (Å²) >= 11 is 0. The first-order valence-electron chi connectivity index (χ1n) is 4.53. The molecule has 0 aliphatic carbocycles. The minimum Gasteiger partial charge on any atom is -0.323 e. The van der Waals surface area contributed by atoms with Crippen LogP contribution in [0.15, 0.2) is 31.0 Å². The lowest BCUT2D eigenvalue weighted by molar-refractivity contribution is 0.638. The maximum absolute atomic E-state index is 5.97. The number of hydrogen-bond donors (Lipinski definition) is 1. The van der Waals surface area contributed by atoms with Crippen molar-refractivity contribution in [1.29, 1.82) is 0 Å². The molecule has 2 heteroatoms. The number of allylic oxidation sites excluding steroid dienone is 1. The van der Waals surface area contributed by atoms with Gasteiger partial charge in [-0.1, -0.05) is 12.1 Å². The second-order valence-corrected chi connectivity index (χ2v) is 3.18. The topological polar surface area (TPSA) is 38.9 Å². The molecule has 1 unspecified atom stereocenters. The molecular weight excluding hydrogens is 160 g/mol. The van der Waals surface area contributed by atoms with E-state index in [9.17, 15) is 0 Å². The van der Waals surface area contributed by atoms with Gasteiger partial charge >= 0.3 is 0 Å². The number of nitrogens with two attached hydrogens (primary N) is 1. The van der Waals surface area contributed by atoms with Crippen LogP contribution in [-0.4, -0.2) is 4.98 Å². The molecule has 0 saturated carbocycles. The number of aryl methyl sites for hydroxylation is 1. The Hall–Kier alpha value is -1.15. The van der Waals surface area contributed by atoms with Crippen molar-refractivity contribution in [2.45, 2.75) is 25.8 Å². The summed E-state index contributed by atoms with van der Waals surface area (Å²) in [7, 11) is 0. The quantitative estimate of drug-likeness (QED) is 0.715. The Morgan fingerprint density at radius 2 is 2.46 bits per heavy atom. The lowest BCUT2D eigenvalue weighted by Gasteiger charge is -2.11. The first-order valence-corrected chi connectivity index (χ1v) is 4.53. The van der Waals surface area contributed by atoms with Crippen molar-refractivity contribution >= 4 is 0 Å². The SMILES string of the molecule is C=CCCC(N)c1ncccc1C. The standard InChI is InChI=1S/C11H16N2/c1-3-4-7-10(12)11-9(2)6-5-8-13-11/h3,5-6,8,10H,1,4,7,12H2,2H3. The van der Waals surface area contributed by atoms with Crippen molar-refractivity contribution in [3.63, 3.8) is 0 Å². The molecule has 0 aliphatic rings. The van der Waals surface area contributed by atoms with E-state index in [1.807, 2.05) is 25.1 Å². The molecule has 13 heavy (non-hydrogen) atoms. The van der Waals surface area contributed by atoms with E-state index in [0.717, 1.165) is 18.5 Å². The normalized spacial score (nSPS) is 12.5. The van der Waals surface area contributed by atoms with Crippen LogP contribution in [0.2, 0.25) is 0 Å². The molecule has 70 valence electrons. The molecule has 1 heterocycles. The van der Waals surface area contributed by atoms with Crippen LogP contribution < -0.4 is 5.73 Å². The maximum atomic E-state index is 5.97. The van der Waals surface area contributed by atoms with Gasteiger partial charge in [-0.3, -0.25) is 4.98 Å². The Labute approximate surface area is 79.5 Å². The largest absolute Gasteiger partial charge is 0.323 e. The van der Waals surface area contributed by atoms with Crippen LogP contribution in [0.4, 0.5) is 0 Å². The van der Waals surface area contributed by atoms with Crippen LogP contribution in [0.25, 0.3) is 0 Å². The molecule has 0 spiro atoms. The van der Waals surface area contributed by atoms with Gasteiger partial charge in [0.05, 0.1) is 5.69 Å². The summed E-state index contributed by atoms with van der Waals surface area (Å²) in [5.41, 5.74) is 8.14. The Kier molecular flexibility index (Phi) is 3.65. The number of aromatic nitrogens is 1. The fourth-order valence-corrected chi connectivity index (χ4v) is 1.32. The smallest absolute Gasteiger partial charge is 0.0600 e. The Bertz CT molecular complexity index is 281. The van der Waals surface area contributed by atoms with Crippen molar-refractivity contribution in [3.8, 4) is 0 Å². The molecule has 0 fully saturated rings. The van der Waals surface area contributed by atoms with Gasteiger partial charge in [0.2, 0.25) is 0 Å². The van der Waals surface area contributed by atoms with Gasteiger partial charge < -0.3 is 5.73 Å². The molecule has 1 aromatic heterocycles. The van der Waals surface area contributed by atoms with Gasteiger partial charge in [-0.2, -0.15) is 0 Å². The monoisotopic (exact) mass is 176 g/mol. The second kappa shape index (κ2) is 4.77. The van der Waals surface area contributed by atoms with E-state index in [4.69, 9.17) is 5.73 Å². The van der Waals surface area contributed by atoms with Gasteiger partial charge in [0, 0.05) is 12.2 Å². The van der Waals surface area contributed by atoms with Gasteiger partial charge in [0.15, 0.2) is 0 Å². The van der Waals surface area contributed by atoms with Gasteiger partial charge in [-0.05, 0) is 31.4 Å². The zero-order chi connectivity index (χ0) is 9.68. The van der Waals surface area contributed by atoms with Crippen LogP contribution >= 0.6 is 0 Å². The molecule has 1 rings (SSSR count). The highest BCUT2D eigenvalue weighted by Gasteiger charge is 2.08. The first-order chi connectivity index (χ1) is 6.25. The molecule has 1 atom stereocenters. The average molecular weight is 176 g/mol. The predicted molar refractivity (Wildman–Crippen MR) is 55.3 cm³/mol. The van der Waals surface area contributed by atoms with Crippen LogP contribution in [0.1, 0.15) is 30.1 Å². The third kappa shape index (κ3) is 2.67. The lowest BCUT2D eigenvalue weighted by Crippen LogP contribution is -2.13. The van der Waals surface area contributed by atoms with E-state index in [1.165, 1.54) is 5.56 Å². The van der Waals surface area contributed by atoms with Crippen LogP contribution in [0, 0.1) is 6.92 Å². The fourth-order valence-electron chi connectivity index (χ4n) is 1.32. The summed E-state index contributed by atoms with van der Waals surface area (Å²) in [6.45, 7) is 5.71. The van der Waals surface area contributed by atoms with Gasteiger partial charge in [-0.25, -0.2) is 0 Å². The molecule has 2 N–H and O–H groups in total. The highest BCUT2D eigenvalue weighted by Crippen LogP contribution is 2.16. The third-order valence-electron chi connectivity index (χ3n) is 2.08. The van der Waals surface area contributed by atoms with Crippen molar-refractivity contribution in [2.75, 3.05) is 0 Å². The number of rotatable bonds is 4. The molecule has 0 amide bonds. The minimum atomic E-state index is 0.0409. The summed E-state index contributed by atoms with van der Waals surface area (Å²) in [6.07, 6.45) is 5.53. The van der Waals surface area contributed by atoms with E-state index in [2.05, 4.69) is 11.6 Å². The summed E-state index contributed by atoms with van der Waals surface area (Å²) in [5, 5.41) is 0. The molecule has 0 aliphatic heterocycles. The molecule has 2 nitrogen and oxygen atoms in total. The predicted octanol–water partition coefficient (Wildman–Crippen LogP) is 2.36. The highest BCUT2D eigenvalue weighted by atomic mass is 14.8. The molecule has 1 aromatic rings. The van der Waals surface area contributed by atoms with Crippen molar-refractivity contribution in [1.82, 2.24) is 4.98 Å². The minimum absolute atomic E-state index is 0.0409. The maximum Gasteiger partial charge on any atom is 0.0600 e. The number of pyridine rings is 1. The number of hydrogen-bond acceptors (Lipinski definition) is 2. The molecule has 0 radical (unpaired) electrons. The summed E-state index contributed by atoms with van der Waals surface area (Å²) < 4.78 is 0. The first kappa shape index (κ1) is 9.93. The van der Waals surface area contributed by atoms with E-state index in [-0.39, 0.29) is 6.04 Å². The third-order valence-corrected chi connectivity index (χ3v) is 2.08. The van der Waals surface area contributed by atoms with E-state index >= 15 is 0 Å². The van der Waals surface area contributed by atoms with Crippen LogP contribution in [-0.2, 0) is 0 Å². The molecule has 0 saturated heterocycles. The Balaban J connectivity index is 2.70. The zero-order valence-corrected chi connectivity index (χ0v) is 8.03. The lowest BCUT2D eigenvalue weighted by atomic mass is 10.0. The van der Waals surface area contributed by atoms with Crippen molar-refractivity contribution in [3.05, 3.63) is 42.2 Å². The van der Waals surface area contributed by atoms with Crippen LogP contribution in [0.3, 0.4) is 0 Å². The molecule has 0 aromatic carbocycles. The summed E-state index contributed by atoms with van der Waals surface area (Å²) in [4.78, 5) is 4.27. The van der Waals surface area contributed by atoms with Gasteiger partial charge in [-0.15, -0.1) is 6.58 Å². The highest BCUT2D eigenvalue weighted by molar-refractivity contribution is 5.20. The number of nitrogens with zero attached hydrogens (tertiary/aromatic N) is 1.